The number of hydrogen-bond donors (Lipinski definition) is 3. The smallest absolute Gasteiger partial charge is 0.305 e. The van der Waals surface area contributed by atoms with Crippen LogP contribution in [-0.4, -0.2) is 29.6 Å². The molecule has 0 aliphatic carbocycles. The quantitative estimate of drug-likeness (QED) is 0.777. The summed E-state index contributed by atoms with van der Waals surface area (Å²) in [5, 5.41) is 15.1. The summed E-state index contributed by atoms with van der Waals surface area (Å²) in [4.78, 5) is 23.4. The number of rotatable bonds is 5. The van der Waals surface area contributed by atoms with Crippen molar-refractivity contribution >= 4 is 17.6 Å². The Labute approximate surface area is 124 Å². The van der Waals surface area contributed by atoms with Crippen LogP contribution in [0.25, 0.3) is 0 Å². The van der Waals surface area contributed by atoms with E-state index in [4.69, 9.17) is 5.11 Å². The predicted molar refractivity (Wildman–Crippen MR) is 81.6 cm³/mol. The Bertz CT molecular complexity index is 540. The molecule has 0 radical (unpaired) electrons. The van der Waals surface area contributed by atoms with Crippen LogP contribution in [-0.2, 0) is 11.2 Å². The third-order valence-corrected chi connectivity index (χ3v) is 3.86. The summed E-state index contributed by atoms with van der Waals surface area (Å²) >= 11 is 0. The summed E-state index contributed by atoms with van der Waals surface area (Å²) in [5.41, 5.74) is 2.68. The van der Waals surface area contributed by atoms with E-state index >= 15 is 0 Å². The van der Waals surface area contributed by atoms with Crippen molar-refractivity contribution < 1.29 is 14.7 Å². The molecule has 0 bridgehead atoms. The van der Waals surface area contributed by atoms with Crippen LogP contribution in [0.1, 0.15) is 42.6 Å². The highest BCUT2D eigenvalue weighted by Crippen LogP contribution is 2.25. The molecule has 1 amide bonds. The highest BCUT2D eigenvalue weighted by atomic mass is 16.4. The molecule has 2 rings (SSSR count). The molecule has 0 saturated carbocycles. The Morgan fingerprint density at radius 3 is 2.81 bits per heavy atom. The number of aliphatic carboxylic acids is 1. The molecule has 5 heteroatoms. The van der Waals surface area contributed by atoms with Crippen molar-refractivity contribution in [2.75, 3.05) is 11.9 Å². The first-order valence-electron chi connectivity index (χ1n) is 7.37. The van der Waals surface area contributed by atoms with E-state index in [0.717, 1.165) is 30.6 Å². The minimum Gasteiger partial charge on any atom is -0.481 e. The van der Waals surface area contributed by atoms with Crippen LogP contribution in [0.5, 0.6) is 0 Å². The fourth-order valence-corrected chi connectivity index (χ4v) is 2.61. The maximum atomic E-state index is 12.5. The topological polar surface area (TPSA) is 78.4 Å². The van der Waals surface area contributed by atoms with Crippen LogP contribution in [0, 0.1) is 5.92 Å². The van der Waals surface area contributed by atoms with Crippen LogP contribution in [0.15, 0.2) is 18.2 Å². The van der Waals surface area contributed by atoms with E-state index in [0.29, 0.717) is 5.56 Å². The molecule has 0 spiro atoms. The summed E-state index contributed by atoms with van der Waals surface area (Å²) < 4.78 is 0. The van der Waals surface area contributed by atoms with E-state index in [2.05, 4.69) is 10.6 Å². The second kappa shape index (κ2) is 6.61. The molecule has 1 heterocycles. The van der Waals surface area contributed by atoms with Gasteiger partial charge in [-0.25, -0.2) is 0 Å². The summed E-state index contributed by atoms with van der Waals surface area (Å²) in [5.74, 6) is -1.01. The molecule has 21 heavy (non-hydrogen) atoms. The molecule has 1 aliphatic rings. The Morgan fingerprint density at radius 2 is 2.14 bits per heavy atom. The van der Waals surface area contributed by atoms with Gasteiger partial charge < -0.3 is 15.7 Å². The molecule has 0 aromatic heterocycles. The molecule has 1 aromatic rings. The number of carbonyl (C=O) groups excluding carboxylic acids is 1. The number of carboxylic acid groups (broad SMARTS) is 1. The van der Waals surface area contributed by atoms with E-state index in [1.807, 2.05) is 26.0 Å². The lowest BCUT2D eigenvalue weighted by atomic mass is 9.95. The van der Waals surface area contributed by atoms with Crippen molar-refractivity contribution in [3.05, 3.63) is 29.3 Å². The van der Waals surface area contributed by atoms with Crippen LogP contribution >= 0.6 is 0 Å². The zero-order valence-corrected chi connectivity index (χ0v) is 12.5. The molecule has 1 aromatic carbocycles. The second-order valence-corrected chi connectivity index (χ2v) is 5.78. The van der Waals surface area contributed by atoms with Crippen molar-refractivity contribution in [3.8, 4) is 0 Å². The van der Waals surface area contributed by atoms with E-state index < -0.39 is 5.97 Å². The number of fused-ring (bicyclic) bond motifs is 1. The van der Waals surface area contributed by atoms with E-state index in [1.165, 1.54) is 0 Å². The monoisotopic (exact) mass is 290 g/mol. The normalized spacial score (nSPS) is 15.0. The first-order chi connectivity index (χ1) is 9.99. The molecular formula is C16H22N2O3. The maximum absolute atomic E-state index is 12.5. The second-order valence-electron chi connectivity index (χ2n) is 5.78. The highest BCUT2D eigenvalue weighted by Gasteiger charge is 2.23. The fourth-order valence-electron chi connectivity index (χ4n) is 2.61. The van der Waals surface area contributed by atoms with Crippen molar-refractivity contribution in [2.45, 2.75) is 39.2 Å². The predicted octanol–water partition coefficient (Wildman–Crippen LogP) is 2.27. The number of benzene rings is 1. The average molecular weight is 290 g/mol. The van der Waals surface area contributed by atoms with E-state index in [9.17, 15) is 9.59 Å². The standard InChI is InChI=1S/C16H22N2O3/c1-10(2)14(9-15(19)20)18-16(21)12-5-3-7-13-11(12)6-4-8-17-13/h3,5,7,10,14,17H,4,6,8-9H2,1-2H3,(H,18,21)(H,19,20). The summed E-state index contributed by atoms with van der Waals surface area (Å²) in [6.07, 6.45) is 1.81. The van der Waals surface area contributed by atoms with Gasteiger partial charge in [-0.15, -0.1) is 0 Å². The third-order valence-electron chi connectivity index (χ3n) is 3.86. The SMILES string of the molecule is CC(C)C(CC(=O)O)NC(=O)c1cccc2c1CCCN2. The van der Waals surface area contributed by atoms with Crippen LogP contribution in [0.4, 0.5) is 5.69 Å². The third kappa shape index (κ3) is 3.74. The number of carboxylic acids is 1. The van der Waals surface area contributed by atoms with Gasteiger partial charge in [0.25, 0.3) is 5.91 Å². The van der Waals surface area contributed by atoms with E-state index in [-0.39, 0.29) is 24.3 Å². The van der Waals surface area contributed by atoms with Crippen LogP contribution in [0.3, 0.4) is 0 Å². The number of nitrogens with one attached hydrogen (secondary N) is 2. The highest BCUT2D eigenvalue weighted by molar-refractivity contribution is 5.97. The molecular weight excluding hydrogens is 268 g/mol. The van der Waals surface area contributed by atoms with Gasteiger partial charge in [0.15, 0.2) is 0 Å². The minimum atomic E-state index is -0.897. The van der Waals surface area contributed by atoms with Gasteiger partial charge in [0.2, 0.25) is 0 Å². The van der Waals surface area contributed by atoms with Gasteiger partial charge in [0.05, 0.1) is 6.42 Å². The van der Waals surface area contributed by atoms with Crippen molar-refractivity contribution in [2.24, 2.45) is 5.92 Å². The van der Waals surface area contributed by atoms with Gasteiger partial charge >= 0.3 is 5.97 Å². The lowest BCUT2D eigenvalue weighted by Gasteiger charge is -2.24. The summed E-state index contributed by atoms with van der Waals surface area (Å²) in [7, 11) is 0. The van der Waals surface area contributed by atoms with Crippen molar-refractivity contribution in [3.63, 3.8) is 0 Å². The number of amides is 1. The van der Waals surface area contributed by atoms with Gasteiger partial charge in [0, 0.05) is 23.8 Å². The zero-order chi connectivity index (χ0) is 15.4. The number of hydrogen-bond acceptors (Lipinski definition) is 3. The fraction of sp³-hybridized carbons (Fsp3) is 0.500. The number of carbonyl (C=O) groups is 2. The molecule has 1 unspecified atom stereocenters. The molecule has 0 fully saturated rings. The van der Waals surface area contributed by atoms with Gasteiger partial charge in [-0.05, 0) is 36.5 Å². The van der Waals surface area contributed by atoms with Crippen molar-refractivity contribution in [1.29, 1.82) is 0 Å². The Kier molecular flexibility index (Phi) is 4.83. The van der Waals surface area contributed by atoms with Gasteiger partial charge in [-0.1, -0.05) is 19.9 Å². The van der Waals surface area contributed by atoms with Crippen molar-refractivity contribution in [1.82, 2.24) is 5.32 Å². The molecule has 0 saturated heterocycles. The van der Waals surface area contributed by atoms with E-state index in [1.54, 1.807) is 6.07 Å². The zero-order valence-electron chi connectivity index (χ0n) is 12.5. The Morgan fingerprint density at radius 1 is 1.38 bits per heavy atom. The van der Waals surface area contributed by atoms with Crippen LogP contribution < -0.4 is 10.6 Å². The lowest BCUT2D eigenvalue weighted by Crippen LogP contribution is -2.40. The van der Waals surface area contributed by atoms with Gasteiger partial charge in [-0.3, -0.25) is 9.59 Å². The van der Waals surface area contributed by atoms with Gasteiger partial charge in [-0.2, -0.15) is 0 Å². The largest absolute Gasteiger partial charge is 0.481 e. The first kappa shape index (κ1) is 15.4. The minimum absolute atomic E-state index is 0.0588. The van der Waals surface area contributed by atoms with Crippen LogP contribution in [0.2, 0.25) is 0 Å². The maximum Gasteiger partial charge on any atom is 0.305 e. The Balaban J connectivity index is 2.18. The molecule has 3 N–H and O–H groups in total. The van der Waals surface area contributed by atoms with Gasteiger partial charge in [0.1, 0.15) is 0 Å². The first-order valence-corrected chi connectivity index (χ1v) is 7.37. The molecule has 114 valence electrons. The number of anilines is 1. The molecule has 1 atom stereocenters. The molecule has 5 nitrogen and oxygen atoms in total. The summed E-state index contributed by atoms with van der Waals surface area (Å²) in [6.45, 7) is 4.75. The molecule has 1 aliphatic heterocycles. The summed E-state index contributed by atoms with van der Waals surface area (Å²) in [6, 6.07) is 5.28. The Hall–Kier alpha value is -2.04. The average Bonchev–Trinajstić information content (AvgIpc) is 2.45. The lowest BCUT2D eigenvalue weighted by molar-refractivity contribution is -0.137.